The van der Waals surface area contributed by atoms with Crippen molar-refractivity contribution in [3.8, 4) is 45.5 Å². The first-order valence-electron chi connectivity index (χ1n) is 30.2. The van der Waals surface area contributed by atoms with Crippen LogP contribution in [0.5, 0.6) is 23.0 Å². The third-order valence-electron chi connectivity index (χ3n) is 14.9. The van der Waals surface area contributed by atoms with E-state index in [1.807, 2.05) is 36.4 Å². The minimum absolute atomic E-state index is 0.126. The summed E-state index contributed by atoms with van der Waals surface area (Å²) in [5.74, 6) is 2.62. The van der Waals surface area contributed by atoms with Crippen molar-refractivity contribution in [2.24, 2.45) is 0 Å². The molecule has 0 spiro atoms. The van der Waals surface area contributed by atoms with E-state index in [2.05, 4.69) is 48.3 Å². The van der Waals surface area contributed by atoms with E-state index in [-0.39, 0.29) is 13.1 Å². The molecule has 0 radical (unpaired) electrons. The smallest absolute Gasteiger partial charge is 0.189 e. The van der Waals surface area contributed by atoms with Gasteiger partial charge in [-0.25, -0.2) is 9.36 Å². The molecule has 4 heterocycles. The first-order valence-corrected chi connectivity index (χ1v) is 30.2. The van der Waals surface area contributed by atoms with Gasteiger partial charge in [0.1, 0.15) is 83.2 Å². The maximum atomic E-state index is 11.2. The van der Waals surface area contributed by atoms with Crippen LogP contribution in [0.3, 0.4) is 0 Å². The van der Waals surface area contributed by atoms with Gasteiger partial charge < -0.3 is 63.8 Å². The second-order valence-electron chi connectivity index (χ2n) is 21.6. The lowest BCUT2D eigenvalue weighted by Crippen LogP contribution is -2.63. The van der Waals surface area contributed by atoms with E-state index in [0.29, 0.717) is 71.9 Å². The molecule has 79 heavy (non-hydrogen) atoms. The van der Waals surface area contributed by atoms with Gasteiger partial charge in [0.25, 0.3) is 0 Å². The van der Waals surface area contributed by atoms with Crippen molar-refractivity contribution in [3.05, 3.63) is 48.8 Å². The lowest BCUT2D eigenvalue weighted by molar-refractivity contribution is -0.375. The summed E-state index contributed by atoms with van der Waals surface area (Å²) in [4.78, 5) is 0. The van der Waals surface area contributed by atoms with E-state index in [4.69, 9.17) is 33.2 Å². The highest BCUT2D eigenvalue weighted by atomic mass is 16.8. The fraction of sp³-hybridized carbons (Fsp3) is 0.733. The second-order valence-corrected chi connectivity index (χ2v) is 21.6. The lowest BCUT2D eigenvalue weighted by Gasteiger charge is -2.45. The van der Waals surface area contributed by atoms with Gasteiger partial charge in [0.05, 0.1) is 51.9 Å². The molecule has 6 rings (SSSR count). The molecule has 2 saturated heterocycles. The third kappa shape index (κ3) is 20.5. The van der Waals surface area contributed by atoms with Gasteiger partial charge in [-0.05, 0) is 49.9 Å². The van der Waals surface area contributed by atoms with Gasteiger partial charge in [0.15, 0.2) is 12.6 Å². The molecule has 10 atom stereocenters. The number of ether oxygens (including phenoxy) is 7. The van der Waals surface area contributed by atoms with Crippen molar-refractivity contribution >= 4 is 0 Å². The molecular formula is C60H96N6O13. The minimum atomic E-state index is -1.80. The van der Waals surface area contributed by atoms with Crippen molar-refractivity contribution < 1.29 is 63.8 Å². The Labute approximate surface area is 469 Å². The molecule has 2 aromatic carbocycles. The average molecular weight is 1110 g/mol. The van der Waals surface area contributed by atoms with Crippen LogP contribution in [0.1, 0.15) is 182 Å². The fourth-order valence-electron chi connectivity index (χ4n) is 10.0. The SMILES string of the molecule is CCCCCCCCOc1ccc(-c2cn(C[C@H]3O[C@H](O[C@H]4O[C@H](Cn5cc(-c6ccc(OCCCCCCCC)cc6OCCCCCCCC)nn5)[C@@H](O)[C@H](O)[C@H]4O)[C@H](O)[C@@H](O)[C@@H]3O)nn2)c(OCCCCCCCC)c1. The van der Waals surface area contributed by atoms with E-state index in [9.17, 15) is 30.6 Å². The van der Waals surface area contributed by atoms with Crippen LogP contribution in [0.4, 0.5) is 0 Å². The Morgan fingerprint density at radius 2 is 0.734 bits per heavy atom. The number of hydrogen-bond donors (Lipinski definition) is 6. The highest BCUT2D eigenvalue weighted by Crippen LogP contribution is 2.36. The van der Waals surface area contributed by atoms with E-state index in [0.717, 1.165) is 64.2 Å². The largest absolute Gasteiger partial charge is 0.493 e. The predicted molar refractivity (Wildman–Crippen MR) is 301 cm³/mol. The van der Waals surface area contributed by atoms with Crippen molar-refractivity contribution in [1.29, 1.82) is 0 Å². The number of aliphatic hydroxyl groups is 6. The zero-order valence-corrected chi connectivity index (χ0v) is 47.8. The Hall–Kier alpha value is -4.44. The van der Waals surface area contributed by atoms with Crippen LogP contribution in [0.2, 0.25) is 0 Å². The molecule has 0 amide bonds. The quantitative estimate of drug-likeness (QED) is 0.0227. The zero-order chi connectivity index (χ0) is 56.2. The maximum absolute atomic E-state index is 11.2. The van der Waals surface area contributed by atoms with Gasteiger partial charge in [-0.2, -0.15) is 0 Å². The van der Waals surface area contributed by atoms with Crippen LogP contribution in [-0.4, -0.2) is 148 Å². The fourth-order valence-corrected chi connectivity index (χ4v) is 10.0. The molecule has 2 aliphatic heterocycles. The molecule has 4 aromatic rings. The van der Waals surface area contributed by atoms with Crippen molar-refractivity contribution in [3.63, 3.8) is 0 Å². The lowest BCUT2D eigenvalue weighted by atomic mass is 9.97. The second kappa shape index (κ2) is 35.4. The molecule has 2 fully saturated rings. The third-order valence-corrected chi connectivity index (χ3v) is 14.9. The molecule has 6 N–H and O–H groups in total. The summed E-state index contributed by atoms with van der Waals surface area (Å²) in [5.41, 5.74) is 2.38. The first kappa shape index (κ1) is 63.7. The Kier molecular flexibility index (Phi) is 28.6. The average Bonchev–Trinajstić information content (AvgIpc) is 4.18. The molecule has 444 valence electrons. The summed E-state index contributed by atoms with van der Waals surface area (Å²) in [6.45, 7) is 10.8. The molecule has 0 bridgehead atoms. The van der Waals surface area contributed by atoms with Gasteiger partial charge in [-0.1, -0.05) is 167 Å². The van der Waals surface area contributed by atoms with Crippen LogP contribution in [0.15, 0.2) is 48.8 Å². The molecule has 19 heteroatoms. The normalized spacial score (nSPS) is 23.3. The number of benzene rings is 2. The van der Waals surface area contributed by atoms with E-state index >= 15 is 0 Å². The minimum Gasteiger partial charge on any atom is -0.493 e. The number of hydrogen-bond acceptors (Lipinski definition) is 17. The number of nitrogens with zero attached hydrogens (tertiary/aromatic N) is 6. The Morgan fingerprint density at radius 1 is 0.405 bits per heavy atom. The number of aliphatic hydroxyl groups excluding tert-OH is 6. The van der Waals surface area contributed by atoms with Crippen molar-refractivity contribution in [2.45, 2.75) is 256 Å². The standard InChI is InChI=1S/C60H96N6O13/c1-5-9-13-17-21-25-33-73-43-29-31-45(49(37-43)75-35-27-23-19-15-11-7-3)47-39-65(63-61-47)41-51-53(67)55(69)57(71)59(77-51)79-60-58(72)56(70)54(68)52(78-60)42-66-40-48(62-64-66)46-32-30-44(74-34-26-22-18-14-10-6-2)38-50(46)76-36-28-24-20-16-12-8-4/h29-32,37-40,51-60,67-72H,5-28,33-36,41-42H2,1-4H3/t51-,52-,53-,54-,55+,56+,57-,58-,59-,60-/m1/s1. The number of rotatable bonds is 40. The Bertz CT molecular complexity index is 2110. The van der Waals surface area contributed by atoms with E-state index in [1.54, 1.807) is 12.4 Å². The molecule has 19 nitrogen and oxygen atoms in total. The molecule has 2 aliphatic rings. The topological polar surface area (TPSA) is 247 Å². The van der Waals surface area contributed by atoms with Crippen LogP contribution < -0.4 is 18.9 Å². The molecular weight excluding hydrogens is 1010 g/mol. The van der Waals surface area contributed by atoms with Gasteiger partial charge in [-0.15, -0.1) is 10.2 Å². The molecule has 0 unspecified atom stereocenters. The van der Waals surface area contributed by atoms with Gasteiger partial charge in [0.2, 0.25) is 0 Å². The first-order chi connectivity index (χ1) is 38.5. The van der Waals surface area contributed by atoms with Gasteiger partial charge in [0, 0.05) is 23.3 Å². The zero-order valence-electron chi connectivity index (χ0n) is 47.8. The maximum Gasteiger partial charge on any atom is 0.189 e. The van der Waals surface area contributed by atoms with Crippen LogP contribution >= 0.6 is 0 Å². The number of unbranched alkanes of at least 4 members (excludes halogenated alkanes) is 20. The number of aromatic nitrogens is 6. The summed E-state index contributed by atoms with van der Waals surface area (Å²) in [5, 5.41) is 84.3. The van der Waals surface area contributed by atoms with Crippen molar-refractivity contribution in [1.82, 2.24) is 30.0 Å². The highest BCUT2D eigenvalue weighted by molar-refractivity contribution is 5.68. The summed E-state index contributed by atoms with van der Waals surface area (Å²) in [6, 6.07) is 11.3. The van der Waals surface area contributed by atoms with Gasteiger partial charge >= 0.3 is 0 Å². The molecule has 2 aromatic heterocycles. The Morgan fingerprint density at radius 3 is 1.09 bits per heavy atom. The van der Waals surface area contributed by atoms with Crippen molar-refractivity contribution in [2.75, 3.05) is 26.4 Å². The predicted octanol–water partition coefficient (Wildman–Crippen LogP) is 9.49. The summed E-state index contributed by atoms with van der Waals surface area (Å²) in [7, 11) is 0. The monoisotopic (exact) mass is 1110 g/mol. The van der Waals surface area contributed by atoms with E-state index < -0.39 is 61.4 Å². The molecule has 0 aliphatic carbocycles. The highest BCUT2D eigenvalue weighted by Gasteiger charge is 2.50. The Balaban J connectivity index is 1.09. The van der Waals surface area contributed by atoms with E-state index in [1.165, 1.54) is 99.3 Å². The van der Waals surface area contributed by atoms with Crippen LogP contribution in [0.25, 0.3) is 22.5 Å². The summed E-state index contributed by atoms with van der Waals surface area (Å²) >= 11 is 0. The molecule has 0 saturated carbocycles. The van der Waals surface area contributed by atoms with Crippen LogP contribution in [-0.2, 0) is 27.3 Å². The van der Waals surface area contributed by atoms with Crippen LogP contribution in [0, 0.1) is 0 Å². The summed E-state index contributed by atoms with van der Waals surface area (Å²) in [6.07, 6.45) is 14.8. The van der Waals surface area contributed by atoms with Gasteiger partial charge in [-0.3, -0.25) is 0 Å². The summed E-state index contributed by atoms with van der Waals surface area (Å²) < 4.78 is 46.0.